The standard InChI is InChI=1S/C18H21N5O2S/c1-12-20-16(11-26-12)18-21-17(9-15-10-19-7-8-25-15)23(22-18)13-3-5-14(24-2)6-4-13/h3-6,11,15,19H,7-10H2,1-2H3. The molecule has 1 aliphatic rings. The van der Waals surface area contributed by atoms with Crippen molar-refractivity contribution in [3.63, 3.8) is 0 Å². The number of nitrogens with zero attached hydrogens (tertiary/aromatic N) is 4. The molecule has 0 saturated carbocycles. The van der Waals surface area contributed by atoms with Gasteiger partial charge in [0.1, 0.15) is 17.3 Å². The van der Waals surface area contributed by atoms with Crippen molar-refractivity contribution in [3.05, 3.63) is 40.5 Å². The van der Waals surface area contributed by atoms with E-state index < -0.39 is 0 Å². The zero-order valence-electron chi connectivity index (χ0n) is 14.8. The van der Waals surface area contributed by atoms with Crippen molar-refractivity contribution in [2.75, 3.05) is 26.8 Å². The molecule has 1 aromatic carbocycles. The van der Waals surface area contributed by atoms with Crippen LogP contribution < -0.4 is 10.1 Å². The molecule has 0 amide bonds. The lowest BCUT2D eigenvalue weighted by Gasteiger charge is -2.23. The van der Waals surface area contributed by atoms with Crippen molar-refractivity contribution < 1.29 is 9.47 Å². The molecule has 1 N–H and O–H groups in total. The maximum atomic E-state index is 5.85. The van der Waals surface area contributed by atoms with Gasteiger partial charge in [-0.15, -0.1) is 16.4 Å². The Morgan fingerprint density at radius 3 is 2.81 bits per heavy atom. The second kappa shape index (κ2) is 7.53. The normalized spacial score (nSPS) is 17.4. The summed E-state index contributed by atoms with van der Waals surface area (Å²) >= 11 is 1.60. The van der Waals surface area contributed by atoms with Crippen LogP contribution in [0.4, 0.5) is 0 Å². The van der Waals surface area contributed by atoms with E-state index in [9.17, 15) is 0 Å². The molecule has 2 aromatic heterocycles. The molecule has 1 atom stereocenters. The van der Waals surface area contributed by atoms with Crippen LogP contribution in [-0.4, -0.2) is 52.7 Å². The number of benzene rings is 1. The topological polar surface area (TPSA) is 74.1 Å². The summed E-state index contributed by atoms with van der Waals surface area (Å²) in [4.78, 5) is 9.28. The van der Waals surface area contributed by atoms with Gasteiger partial charge in [0.2, 0.25) is 5.82 Å². The van der Waals surface area contributed by atoms with E-state index in [2.05, 4.69) is 10.3 Å². The summed E-state index contributed by atoms with van der Waals surface area (Å²) in [5.41, 5.74) is 1.75. The average molecular weight is 371 g/mol. The van der Waals surface area contributed by atoms with E-state index in [0.29, 0.717) is 12.2 Å². The van der Waals surface area contributed by atoms with Gasteiger partial charge < -0.3 is 14.8 Å². The molecule has 0 radical (unpaired) electrons. The number of aryl methyl sites for hydroxylation is 1. The average Bonchev–Trinajstić information content (AvgIpc) is 3.29. The first-order valence-corrected chi connectivity index (χ1v) is 9.46. The highest BCUT2D eigenvalue weighted by Crippen LogP contribution is 2.22. The highest BCUT2D eigenvalue weighted by molar-refractivity contribution is 7.09. The molecule has 136 valence electrons. The Labute approximate surface area is 156 Å². The quantitative estimate of drug-likeness (QED) is 0.741. The monoisotopic (exact) mass is 371 g/mol. The summed E-state index contributed by atoms with van der Waals surface area (Å²) in [5.74, 6) is 2.32. The summed E-state index contributed by atoms with van der Waals surface area (Å²) in [7, 11) is 1.66. The Bertz CT molecular complexity index is 868. The third-order valence-electron chi connectivity index (χ3n) is 4.25. The molecule has 3 heterocycles. The van der Waals surface area contributed by atoms with Crippen molar-refractivity contribution in [2.45, 2.75) is 19.4 Å². The number of hydrogen-bond donors (Lipinski definition) is 1. The van der Waals surface area contributed by atoms with Crippen molar-refractivity contribution in [1.82, 2.24) is 25.1 Å². The second-order valence-corrected chi connectivity index (χ2v) is 7.18. The first kappa shape index (κ1) is 17.1. The maximum Gasteiger partial charge on any atom is 0.201 e. The number of morpholine rings is 1. The fourth-order valence-corrected chi connectivity index (χ4v) is 3.53. The van der Waals surface area contributed by atoms with Gasteiger partial charge >= 0.3 is 0 Å². The van der Waals surface area contributed by atoms with Crippen LogP contribution in [-0.2, 0) is 11.2 Å². The van der Waals surface area contributed by atoms with Gasteiger partial charge in [0.05, 0.1) is 30.5 Å². The molecule has 0 spiro atoms. The lowest BCUT2D eigenvalue weighted by atomic mass is 10.2. The summed E-state index contributed by atoms with van der Waals surface area (Å²) in [6, 6.07) is 7.80. The van der Waals surface area contributed by atoms with Crippen molar-refractivity contribution in [1.29, 1.82) is 0 Å². The Hall–Kier alpha value is -2.29. The Morgan fingerprint density at radius 1 is 1.31 bits per heavy atom. The summed E-state index contributed by atoms with van der Waals surface area (Å²) < 4.78 is 13.0. The number of aromatic nitrogens is 4. The van der Waals surface area contributed by atoms with Crippen molar-refractivity contribution >= 4 is 11.3 Å². The van der Waals surface area contributed by atoms with Crippen LogP contribution in [0.15, 0.2) is 29.6 Å². The van der Waals surface area contributed by atoms with Crippen LogP contribution in [0.1, 0.15) is 10.8 Å². The Kier molecular flexibility index (Phi) is 4.96. The van der Waals surface area contributed by atoms with Gasteiger partial charge in [0.15, 0.2) is 0 Å². The van der Waals surface area contributed by atoms with Crippen LogP contribution in [0.25, 0.3) is 17.2 Å². The van der Waals surface area contributed by atoms with Gasteiger partial charge in [0, 0.05) is 24.9 Å². The SMILES string of the molecule is COc1ccc(-n2nc(-c3csc(C)n3)nc2CC2CNCCO2)cc1. The Balaban J connectivity index is 1.69. The van der Waals surface area contributed by atoms with Crippen LogP contribution in [0.3, 0.4) is 0 Å². The lowest BCUT2D eigenvalue weighted by molar-refractivity contribution is 0.0277. The molecule has 0 bridgehead atoms. The molecule has 1 unspecified atom stereocenters. The fraction of sp³-hybridized carbons (Fsp3) is 0.389. The van der Waals surface area contributed by atoms with Crippen LogP contribution in [0.2, 0.25) is 0 Å². The molecule has 0 aliphatic carbocycles. The summed E-state index contributed by atoms with van der Waals surface area (Å²) in [6.45, 7) is 4.42. The third kappa shape index (κ3) is 3.62. The molecule has 4 rings (SSSR count). The smallest absolute Gasteiger partial charge is 0.201 e. The minimum Gasteiger partial charge on any atom is -0.497 e. The summed E-state index contributed by atoms with van der Waals surface area (Å²) in [5, 5.41) is 11.1. The number of methoxy groups -OCH3 is 1. The number of hydrogen-bond acceptors (Lipinski definition) is 7. The number of nitrogens with one attached hydrogen (secondary N) is 1. The van der Waals surface area contributed by atoms with E-state index in [-0.39, 0.29) is 6.10 Å². The molecular formula is C18H21N5O2S. The van der Waals surface area contributed by atoms with E-state index in [4.69, 9.17) is 19.6 Å². The van der Waals surface area contributed by atoms with Crippen LogP contribution in [0.5, 0.6) is 5.75 Å². The van der Waals surface area contributed by atoms with E-state index in [1.165, 1.54) is 0 Å². The van der Waals surface area contributed by atoms with E-state index in [0.717, 1.165) is 47.7 Å². The van der Waals surface area contributed by atoms with Crippen LogP contribution in [0, 0.1) is 6.92 Å². The molecule has 26 heavy (non-hydrogen) atoms. The van der Waals surface area contributed by atoms with Gasteiger partial charge in [-0.3, -0.25) is 0 Å². The van der Waals surface area contributed by atoms with Gasteiger partial charge in [-0.05, 0) is 31.2 Å². The molecule has 1 fully saturated rings. The molecule has 1 aliphatic heterocycles. The molecule has 7 nitrogen and oxygen atoms in total. The van der Waals surface area contributed by atoms with E-state index in [1.807, 2.05) is 41.3 Å². The highest BCUT2D eigenvalue weighted by Gasteiger charge is 2.21. The van der Waals surface area contributed by atoms with Gasteiger partial charge in [-0.25, -0.2) is 14.6 Å². The van der Waals surface area contributed by atoms with Gasteiger partial charge in [-0.2, -0.15) is 0 Å². The fourth-order valence-electron chi connectivity index (χ4n) is 2.94. The molecule has 3 aromatic rings. The number of rotatable bonds is 5. The maximum absolute atomic E-state index is 5.85. The Morgan fingerprint density at radius 2 is 2.15 bits per heavy atom. The minimum absolute atomic E-state index is 0.0926. The lowest BCUT2D eigenvalue weighted by Crippen LogP contribution is -2.40. The van der Waals surface area contributed by atoms with Crippen LogP contribution >= 0.6 is 11.3 Å². The molecule has 1 saturated heterocycles. The van der Waals surface area contributed by atoms with Gasteiger partial charge in [0.25, 0.3) is 0 Å². The van der Waals surface area contributed by atoms with Crippen molar-refractivity contribution in [3.8, 4) is 23.0 Å². The van der Waals surface area contributed by atoms with Crippen molar-refractivity contribution in [2.24, 2.45) is 0 Å². The highest BCUT2D eigenvalue weighted by atomic mass is 32.1. The summed E-state index contributed by atoms with van der Waals surface area (Å²) in [6.07, 6.45) is 0.782. The largest absolute Gasteiger partial charge is 0.497 e. The van der Waals surface area contributed by atoms with E-state index in [1.54, 1.807) is 18.4 Å². The second-order valence-electron chi connectivity index (χ2n) is 6.11. The third-order valence-corrected chi connectivity index (χ3v) is 5.03. The van der Waals surface area contributed by atoms with Gasteiger partial charge in [-0.1, -0.05) is 0 Å². The first-order chi connectivity index (χ1) is 12.7. The predicted octanol–water partition coefficient (Wildman–Crippen LogP) is 2.24. The van der Waals surface area contributed by atoms with E-state index >= 15 is 0 Å². The molecule has 8 heteroatoms. The zero-order chi connectivity index (χ0) is 17.9. The number of thiazole rings is 1. The predicted molar refractivity (Wildman–Crippen MR) is 100 cm³/mol. The zero-order valence-corrected chi connectivity index (χ0v) is 15.6. The first-order valence-electron chi connectivity index (χ1n) is 8.58. The minimum atomic E-state index is 0.0926. The number of ether oxygens (including phenoxy) is 2. The molecular weight excluding hydrogens is 350 g/mol.